The van der Waals surface area contributed by atoms with E-state index in [9.17, 15) is 19.2 Å². The van der Waals surface area contributed by atoms with Crippen LogP contribution in [-0.2, 0) is 0 Å². The van der Waals surface area contributed by atoms with Gasteiger partial charge in [0.25, 0.3) is 17.7 Å². The Labute approximate surface area is 164 Å². The summed E-state index contributed by atoms with van der Waals surface area (Å²) in [4.78, 5) is 54.0. The summed E-state index contributed by atoms with van der Waals surface area (Å²) < 4.78 is 0. The van der Waals surface area contributed by atoms with E-state index in [2.05, 4.69) is 5.32 Å². The number of likely N-dealkylation sites (tertiary alicyclic amines) is 1. The molecule has 0 saturated carbocycles. The van der Waals surface area contributed by atoms with Crippen LogP contribution in [0.1, 0.15) is 57.8 Å². The van der Waals surface area contributed by atoms with Crippen LogP contribution in [0.25, 0.3) is 0 Å². The first-order valence-electron chi connectivity index (χ1n) is 9.49. The second kappa shape index (κ2) is 7.61. The molecular formula is C20H26N4O4. The Kier molecular flexibility index (Phi) is 5.40. The van der Waals surface area contributed by atoms with Crippen LogP contribution in [0, 0.1) is 0 Å². The fourth-order valence-corrected chi connectivity index (χ4v) is 3.57. The highest BCUT2D eigenvalue weighted by molar-refractivity contribution is 6.22. The van der Waals surface area contributed by atoms with Gasteiger partial charge in [0, 0.05) is 44.8 Å². The standard InChI is InChI=1S/C20H26N4O4/c1-12(2)24-18(26)15-6-5-13(11-16(15)19(24)27)17(25)23-9-7-14(8-10-23)21-20(28)22(3)4/h5-6,11-12,14H,7-10H2,1-4H3,(H,21,28). The Hall–Kier alpha value is -2.90. The van der Waals surface area contributed by atoms with E-state index in [4.69, 9.17) is 0 Å². The Morgan fingerprint density at radius 2 is 1.68 bits per heavy atom. The van der Waals surface area contributed by atoms with Gasteiger partial charge in [-0.25, -0.2) is 4.79 Å². The topological polar surface area (TPSA) is 90.0 Å². The minimum Gasteiger partial charge on any atom is -0.338 e. The van der Waals surface area contributed by atoms with E-state index >= 15 is 0 Å². The van der Waals surface area contributed by atoms with Crippen molar-refractivity contribution < 1.29 is 19.2 Å². The van der Waals surface area contributed by atoms with Gasteiger partial charge in [-0.2, -0.15) is 0 Å². The van der Waals surface area contributed by atoms with E-state index < -0.39 is 0 Å². The number of nitrogens with zero attached hydrogens (tertiary/aromatic N) is 3. The predicted octanol–water partition coefficient (Wildman–Crippen LogP) is 1.57. The summed E-state index contributed by atoms with van der Waals surface area (Å²) in [6.45, 7) is 4.62. The molecule has 1 N–H and O–H groups in total. The van der Waals surface area contributed by atoms with Crippen LogP contribution in [0.5, 0.6) is 0 Å². The molecule has 1 saturated heterocycles. The fourth-order valence-electron chi connectivity index (χ4n) is 3.57. The second-order valence-corrected chi connectivity index (χ2v) is 7.74. The maximum atomic E-state index is 12.9. The van der Waals surface area contributed by atoms with Gasteiger partial charge in [0.2, 0.25) is 0 Å². The highest BCUT2D eigenvalue weighted by Crippen LogP contribution is 2.26. The van der Waals surface area contributed by atoms with Crippen LogP contribution in [0.4, 0.5) is 4.79 Å². The summed E-state index contributed by atoms with van der Waals surface area (Å²) in [6.07, 6.45) is 1.35. The predicted molar refractivity (Wildman–Crippen MR) is 103 cm³/mol. The second-order valence-electron chi connectivity index (χ2n) is 7.74. The summed E-state index contributed by atoms with van der Waals surface area (Å²) in [6, 6.07) is 4.37. The van der Waals surface area contributed by atoms with Crippen LogP contribution in [-0.4, -0.2) is 77.7 Å². The molecule has 1 fully saturated rings. The number of carbonyl (C=O) groups is 4. The molecule has 150 valence electrons. The maximum absolute atomic E-state index is 12.9. The summed E-state index contributed by atoms with van der Waals surface area (Å²) in [7, 11) is 3.38. The van der Waals surface area contributed by atoms with Crippen molar-refractivity contribution in [2.75, 3.05) is 27.2 Å². The van der Waals surface area contributed by atoms with Gasteiger partial charge in [-0.1, -0.05) is 0 Å². The Morgan fingerprint density at radius 3 is 2.25 bits per heavy atom. The minimum absolute atomic E-state index is 0.0396. The minimum atomic E-state index is -0.352. The summed E-state index contributed by atoms with van der Waals surface area (Å²) >= 11 is 0. The molecule has 2 heterocycles. The molecule has 0 aromatic heterocycles. The molecule has 0 bridgehead atoms. The molecule has 0 aliphatic carbocycles. The smallest absolute Gasteiger partial charge is 0.317 e. The lowest BCUT2D eigenvalue weighted by Crippen LogP contribution is -2.48. The van der Waals surface area contributed by atoms with E-state index in [0.717, 1.165) is 0 Å². The van der Waals surface area contributed by atoms with Gasteiger partial charge in [-0.15, -0.1) is 0 Å². The number of imide groups is 1. The van der Waals surface area contributed by atoms with Crippen LogP contribution in [0.2, 0.25) is 0 Å². The zero-order chi connectivity index (χ0) is 20.6. The number of fused-ring (bicyclic) bond motifs is 1. The van der Waals surface area contributed by atoms with Crippen molar-refractivity contribution >= 4 is 23.8 Å². The Morgan fingerprint density at radius 1 is 1.07 bits per heavy atom. The third-order valence-corrected chi connectivity index (χ3v) is 5.20. The molecule has 1 aromatic rings. The molecule has 2 aliphatic rings. The maximum Gasteiger partial charge on any atom is 0.317 e. The van der Waals surface area contributed by atoms with Gasteiger partial charge in [-0.3, -0.25) is 19.3 Å². The van der Waals surface area contributed by atoms with Gasteiger partial charge >= 0.3 is 6.03 Å². The largest absolute Gasteiger partial charge is 0.338 e. The van der Waals surface area contributed by atoms with Crippen LogP contribution < -0.4 is 5.32 Å². The van der Waals surface area contributed by atoms with Crippen molar-refractivity contribution in [3.05, 3.63) is 34.9 Å². The number of hydrogen-bond acceptors (Lipinski definition) is 4. The monoisotopic (exact) mass is 386 g/mol. The molecule has 0 spiro atoms. The van der Waals surface area contributed by atoms with Crippen LogP contribution in [0.3, 0.4) is 0 Å². The number of urea groups is 1. The van der Waals surface area contributed by atoms with Crippen LogP contribution in [0.15, 0.2) is 18.2 Å². The molecule has 2 aliphatic heterocycles. The summed E-state index contributed by atoms with van der Waals surface area (Å²) in [5, 5.41) is 2.94. The van der Waals surface area contributed by atoms with Gasteiger partial charge < -0.3 is 15.1 Å². The average Bonchev–Trinajstić information content (AvgIpc) is 2.91. The average molecular weight is 386 g/mol. The molecular weight excluding hydrogens is 360 g/mol. The van der Waals surface area contributed by atoms with E-state index in [1.807, 2.05) is 0 Å². The fraction of sp³-hybridized carbons (Fsp3) is 0.500. The van der Waals surface area contributed by atoms with Gasteiger partial charge in [0.1, 0.15) is 0 Å². The first kappa shape index (κ1) is 19.9. The highest BCUT2D eigenvalue weighted by atomic mass is 16.2. The van der Waals surface area contributed by atoms with Crippen molar-refractivity contribution in [1.82, 2.24) is 20.0 Å². The molecule has 5 amide bonds. The van der Waals surface area contributed by atoms with E-state index in [-0.39, 0.29) is 41.4 Å². The third kappa shape index (κ3) is 3.58. The molecule has 0 atom stereocenters. The number of amides is 5. The Bertz CT molecular complexity index is 825. The molecule has 3 rings (SSSR count). The zero-order valence-corrected chi connectivity index (χ0v) is 16.7. The van der Waals surface area contributed by atoms with E-state index in [1.54, 1.807) is 45.0 Å². The quantitative estimate of drug-likeness (QED) is 0.799. The summed E-state index contributed by atoms with van der Waals surface area (Å²) in [5.41, 5.74) is 1.04. The molecule has 8 heteroatoms. The zero-order valence-electron chi connectivity index (χ0n) is 16.7. The lowest BCUT2D eigenvalue weighted by atomic mass is 10.0. The van der Waals surface area contributed by atoms with Crippen molar-refractivity contribution in [2.24, 2.45) is 0 Å². The van der Waals surface area contributed by atoms with Crippen molar-refractivity contribution in [3.8, 4) is 0 Å². The van der Waals surface area contributed by atoms with Crippen LogP contribution >= 0.6 is 0 Å². The lowest BCUT2D eigenvalue weighted by molar-refractivity contribution is 0.0608. The first-order chi connectivity index (χ1) is 13.2. The Balaban J connectivity index is 1.68. The SMILES string of the molecule is CC(C)N1C(=O)c2ccc(C(=O)N3CCC(NC(=O)N(C)C)CC3)cc2C1=O. The molecule has 8 nitrogen and oxygen atoms in total. The third-order valence-electron chi connectivity index (χ3n) is 5.20. The van der Waals surface area contributed by atoms with Crippen molar-refractivity contribution in [1.29, 1.82) is 0 Å². The van der Waals surface area contributed by atoms with Gasteiger partial charge in [0.15, 0.2) is 0 Å². The number of carbonyl (C=O) groups excluding carboxylic acids is 4. The molecule has 0 radical (unpaired) electrons. The number of hydrogen-bond donors (Lipinski definition) is 1. The van der Waals surface area contributed by atoms with Gasteiger partial charge in [0.05, 0.1) is 11.1 Å². The number of rotatable bonds is 3. The number of nitrogens with one attached hydrogen (secondary N) is 1. The number of benzene rings is 1. The summed E-state index contributed by atoms with van der Waals surface area (Å²) in [5.74, 6) is -0.829. The first-order valence-corrected chi connectivity index (χ1v) is 9.49. The van der Waals surface area contributed by atoms with E-state index in [1.165, 1.54) is 15.9 Å². The van der Waals surface area contributed by atoms with Crippen molar-refractivity contribution in [2.45, 2.75) is 38.8 Å². The molecule has 0 unspecified atom stereocenters. The van der Waals surface area contributed by atoms with Crippen molar-refractivity contribution in [3.63, 3.8) is 0 Å². The normalized spacial score (nSPS) is 17.2. The van der Waals surface area contributed by atoms with E-state index in [0.29, 0.717) is 37.1 Å². The highest BCUT2D eigenvalue weighted by Gasteiger charge is 2.37. The van der Waals surface area contributed by atoms with Gasteiger partial charge in [-0.05, 0) is 44.9 Å². The molecule has 1 aromatic carbocycles. The number of piperidine rings is 1. The lowest BCUT2D eigenvalue weighted by Gasteiger charge is -2.33. The molecule has 28 heavy (non-hydrogen) atoms.